The summed E-state index contributed by atoms with van der Waals surface area (Å²) in [7, 11) is 0. The first-order chi connectivity index (χ1) is 15.0. The Balaban J connectivity index is 1.76. The molecule has 0 saturated carbocycles. The van der Waals surface area contributed by atoms with Crippen LogP contribution in [0.4, 0.5) is 8.78 Å². The lowest BCUT2D eigenvalue weighted by atomic mass is 10.0. The second-order valence-corrected chi connectivity index (χ2v) is 7.86. The highest BCUT2D eigenvalue weighted by Gasteiger charge is 2.20. The molecular weight excluding hydrogens is 414 g/mol. The van der Waals surface area contributed by atoms with Crippen LogP contribution in [0.1, 0.15) is 31.8 Å². The molecule has 0 N–H and O–H groups in total. The molecule has 0 aromatic heterocycles. The molecule has 0 spiro atoms. The van der Waals surface area contributed by atoms with Gasteiger partial charge < -0.3 is 0 Å². The van der Waals surface area contributed by atoms with Crippen LogP contribution >= 0.6 is 11.8 Å². The third-order valence-corrected chi connectivity index (χ3v) is 5.82. The average molecular weight is 430 g/mol. The van der Waals surface area contributed by atoms with Crippen LogP contribution in [0.3, 0.4) is 0 Å². The van der Waals surface area contributed by atoms with Crippen molar-refractivity contribution in [2.75, 3.05) is 0 Å². The van der Waals surface area contributed by atoms with E-state index in [9.17, 15) is 18.4 Å². The molecule has 0 amide bonds. The molecule has 2 nitrogen and oxygen atoms in total. The molecule has 0 atom stereocenters. The van der Waals surface area contributed by atoms with Gasteiger partial charge >= 0.3 is 0 Å². The molecule has 0 saturated heterocycles. The topological polar surface area (TPSA) is 34.1 Å². The molecule has 0 bridgehead atoms. The number of halogens is 2. The van der Waals surface area contributed by atoms with Gasteiger partial charge in [0.15, 0.2) is 11.6 Å². The van der Waals surface area contributed by atoms with Crippen molar-refractivity contribution in [2.45, 2.75) is 9.79 Å². The summed E-state index contributed by atoms with van der Waals surface area (Å²) < 4.78 is 28.0. The molecule has 0 heterocycles. The van der Waals surface area contributed by atoms with E-state index in [4.69, 9.17) is 0 Å². The lowest BCUT2D eigenvalue weighted by Crippen LogP contribution is -2.06. The SMILES string of the molecule is O=C(c1ccccc1)c1cc(F)ccc1Sc1ccc(F)cc1C(=O)c1ccccc1. The number of rotatable bonds is 6. The molecule has 0 fully saturated rings. The molecule has 152 valence electrons. The first-order valence-corrected chi connectivity index (χ1v) is 10.3. The second-order valence-electron chi connectivity index (χ2n) is 6.77. The third-order valence-electron chi connectivity index (χ3n) is 4.66. The van der Waals surface area contributed by atoms with E-state index >= 15 is 0 Å². The van der Waals surface area contributed by atoms with Gasteiger partial charge in [-0.15, -0.1) is 0 Å². The van der Waals surface area contributed by atoms with Crippen molar-refractivity contribution >= 4 is 23.3 Å². The first kappa shape index (κ1) is 20.7. The van der Waals surface area contributed by atoms with Gasteiger partial charge in [0.05, 0.1) is 0 Å². The molecule has 0 aliphatic carbocycles. The number of benzene rings is 4. The van der Waals surface area contributed by atoms with Gasteiger partial charge in [-0.25, -0.2) is 8.78 Å². The van der Waals surface area contributed by atoms with Crippen LogP contribution in [0.5, 0.6) is 0 Å². The standard InChI is InChI=1S/C26H16F2O2S/c27-19-11-13-23(21(15-19)25(29)17-7-3-1-4-8-17)31-24-14-12-20(28)16-22(24)26(30)18-9-5-2-6-10-18/h1-16H. The molecule has 4 rings (SSSR count). The van der Waals surface area contributed by atoms with Crippen molar-refractivity contribution in [2.24, 2.45) is 0 Å². The Morgan fingerprint density at radius 3 is 1.32 bits per heavy atom. The predicted molar refractivity (Wildman–Crippen MR) is 117 cm³/mol. The van der Waals surface area contributed by atoms with Crippen LogP contribution in [0.25, 0.3) is 0 Å². The van der Waals surface area contributed by atoms with Crippen LogP contribution in [0, 0.1) is 11.6 Å². The van der Waals surface area contributed by atoms with E-state index in [1.165, 1.54) is 36.4 Å². The van der Waals surface area contributed by atoms with E-state index < -0.39 is 11.6 Å². The van der Waals surface area contributed by atoms with Crippen molar-refractivity contribution in [3.63, 3.8) is 0 Å². The predicted octanol–water partition coefficient (Wildman–Crippen LogP) is 6.58. The van der Waals surface area contributed by atoms with E-state index in [0.717, 1.165) is 11.8 Å². The van der Waals surface area contributed by atoms with Gasteiger partial charge in [0, 0.05) is 32.0 Å². The summed E-state index contributed by atoms with van der Waals surface area (Å²) >= 11 is 1.13. The first-order valence-electron chi connectivity index (χ1n) is 9.49. The minimum absolute atomic E-state index is 0.179. The van der Waals surface area contributed by atoms with Crippen LogP contribution < -0.4 is 0 Å². The van der Waals surface area contributed by atoms with Crippen molar-refractivity contribution in [3.05, 3.63) is 131 Å². The smallest absolute Gasteiger partial charge is 0.194 e. The van der Waals surface area contributed by atoms with Crippen LogP contribution in [0.15, 0.2) is 107 Å². The van der Waals surface area contributed by atoms with Gasteiger partial charge in [0.25, 0.3) is 0 Å². The monoisotopic (exact) mass is 430 g/mol. The van der Waals surface area contributed by atoms with E-state index in [-0.39, 0.29) is 22.7 Å². The fourth-order valence-corrected chi connectivity index (χ4v) is 4.18. The quantitative estimate of drug-likeness (QED) is 0.324. The van der Waals surface area contributed by atoms with Gasteiger partial charge in [0.2, 0.25) is 0 Å². The Hall–Kier alpha value is -3.57. The highest BCUT2D eigenvalue weighted by Crippen LogP contribution is 2.35. The fraction of sp³-hybridized carbons (Fsp3) is 0. The maximum Gasteiger partial charge on any atom is 0.194 e. The Kier molecular flexibility index (Phi) is 6.05. The van der Waals surface area contributed by atoms with E-state index in [0.29, 0.717) is 20.9 Å². The molecule has 4 aromatic rings. The Bertz CT molecular complexity index is 1160. The molecule has 0 unspecified atom stereocenters. The number of hydrogen-bond acceptors (Lipinski definition) is 3. The van der Waals surface area contributed by atoms with Crippen molar-refractivity contribution in [3.8, 4) is 0 Å². The maximum atomic E-state index is 14.0. The van der Waals surface area contributed by atoms with E-state index in [1.807, 2.05) is 0 Å². The summed E-state index contributed by atoms with van der Waals surface area (Å²) in [5.41, 5.74) is 1.21. The zero-order valence-corrected chi connectivity index (χ0v) is 17.0. The second kappa shape index (κ2) is 9.06. The zero-order valence-electron chi connectivity index (χ0n) is 16.2. The van der Waals surface area contributed by atoms with Crippen molar-refractivity contribution in [1.29, 1.82) is 0 Å². The highest BCUT2D eigenvalue weighted by molar-refractivity contribution is 7.99. The lowest BCUT2D eigenvalue weighted by molar-refractivity contribution is 0.102. The fourth-order valence-electron chi connectivity index (χ4n) is 3.15. The molecule has 5 heteroatoms. The number of hydrogen-bond donors (Lipinski definition) is 0. The number of carbonyl (C=O) groups is 2. The number of carbonyl (C=O) groups excluding carboxylic acids is 2. The van der Waals surface area contributed by atoms with Crippen LogP contribution in [-0.4, -0.2) is 11.6 Å². The van der Waals surface area contributed by atoms with Crippen molar-refractivity contribution < 1.29 is 18.4 Å². The van der Waals surface area contributed by atoms with Gasteiger partial charge in [-0.3, -0.25) is 9.59 Å². The molecule has 4 aromatic carbocycles. The summed E-state index contributed by atoms with van der Waals surface area (Å²) in [6, 6.07) is 25.0. The molecular formula is C26H16F2O2S. The Morgan fingerprint density at radius 2 is 0.935 bits per heavy atom. The van der Waals surface area contributed by atoms with Crippen LogP contribution in [0.2, 0.25) is 0 Å². The lowest BCUT2D eigenvalue weighted by Gasteiger charge is -2.12. The average Bonchev–Trinajstić information content (AvgIpc) is 2.81. The normalized spacial score (nSPS) is 10.6. The summed E-state index contributed by atoms with van der Waals surface area (Å²) in [5, 5.41) is 0. The third kappa shape index (κ3) is 4.62. The Labute approximate surface area is 182 Å². The van der Waals surface area contributed by atoms with Crippen LogP contribution in [-0.2, 0) is 0 Å². The van der Waals surface area contributed by atoms with Gasteiger partial charge in [0.1, 0.15) is 11.6 Å². The Morgan fingerprint density at radius 1 is 0.548 bits per heavy atom. The van der Waals surface area contributed by atoms with Crippen molar-refractivity contribution in [1.82, 2.24) is 0 Å². The summed E-state index contributed by atoms with van der Waals surface area (Å²) in [6.07, 6.45) is 0. The zero-order chi connectivity index (χ0) is 21.8. The van der Waals surface area contributed by atoms with Gasteiger partial charge in [-0.05, 0) is 36.4 Å². The van der Waals surface area contributed by atoms with Gasteiger partial charge in [-0.1, -0.05) is 72.4 Å². The maximum absolute atomic E-state index is 14.0. The van der Waals surface area contributed by atoms with Gasteiger partial charge in [-0.2, -0.15) is 0 Å². The van der Waals surface area contributed by atoms with E-state index in [1.54, 1.807) is 60.7 Å². The summed E-state index contributed by atoms with van der Waals surface area (Å²) in [4.78, 5) is 26.9. The van der Waals surface area contributed by atoms with E-state index in [2.05, 4.69) is 0 Å². The molecule has 0 aliphatic rings. The largest absolute Gasteiger partial charge is 0.289 e. The molecule has 31 heavy (non-hydrogen) atoms. The number of ketones is 2. The highest BCUT2D eigenvalue weighted by atomic mass is 32.2. The summed E-state index contributed by atoms with van der Waals surface area (Å²) in [6.45, 7) is 0. The summed E-state index contributed by atoms with van der Waals surface area (Å²) in [5.74, 6) is -1.74. The minimum atomic E-state index is -0.539. The molecule has 0 aliphatic heterocycles. The molecule has 0 radical (unpaired) electrons. The minimum Gasteiger partial charge on any atom is -0.289 e.